The molecule has 0 aliphatic rings. The first-order valence-electron chi connectivity index (χ1n) is 5.53. The van der Waals surface area contributed by atoms with Gasteiger partial charge in [-0.3, -0.25) is 0 Å². The first-order valence-corrected chi connectivity index (χ1v) is 6.29. The van der Waals surface area contributed by atoms with E-state index in [-0.39, 0.29) is 11.5 Å². The number of nitrogens with zero attached hydrogens (tertiary/aromatic N) is 2. The molecule has 0 aliphatic carbocycles. The van der Waals surface area contributed by atoms with Gasteiger partial charge in [-0.25, -0.2) is 14.4 Å². The van der Waals surface area contributed by atoms with E-state index in [2.05, 4.69) is 15.3 Å². The molecule has 0 atom stereocenters. The summed E-state index contributed by atoms with van der Waals surface area (Å²) in [5.74, 6) is -0.419. The van der Waals surface area contributed by atoms with E-state index in [1.54, 1.807) is 12.1 Å². The van der Waals surface area contributed by atoms with Gasteiger partial charge in [0.25, 0.3) is 0 Å². The molecule has 2 aromatic rings. The van der Waals surface area contributed by atoms with Crippen LogP contribution in [-0.2, 0) is 6.42 Å². The fourth-order valence-corrected chi connectivity index (χ4v) is 2.02. The predicted molar refractivity (Wildman–Crippen MR) is 75.5 cm³/mol. The van der Waals surface area contributed by atoms with Gasteiger partial charge in [0.05, 0.1) is 21.4 Å². The van der Waals surface area contributed by atoms with Crippen LogP contribution in [0.4, 0.5) is 21.6 Å². The van der Waals surface area contributed by atoms with Gasteiger partial charge in [0.15, 0.2) is 11.6 Å². The molecule has 0 aliphatic heterocycles. The first kappa shape index (κ1) is 13.8. The Hall–Kier alpha value is -1.59. The average molecular weight is 301 g/mol. The van der Waals surface area contributed by atoms with Crippen LogP contribution in [0.2, 0.25) is 10.0 Å². The molecule has 0 radical (unpaired) electrons. The lowest BCUT2D eigenvalue weighted by Crippen LogP contribution is -2.03. The van der Waals surface area contributed by atoms with Gasteiger partial charge in [0.2, 0.25) is 0 Å². The van der Waals surface area contributed by atoms with E-state index in [1.165, 1.54) is 6.33 Å². The summed E-state index contributed by atoms with van der Waals surface area (Å²) in [7, 11) is 0. The molecule has 0 unspecified atom stereocenters. The Bertz CT molecular complexity index is 596. The fourth-order valence-electron chi connectivity index (χ4n) is 1.53. The van der Waals surface area contributed by atoms with Crippen LogP contribution in [0.5, 0.6) is 0 Å². The van der Waals surface area contributed by atoms with E-state index >= 15 is 0 Å². The molecule has 100 valence electrons. The van der Waals surface area contributed by atoms with Crippen LogP contribution in [0.3, 0.4) is 0 Å². The SMILES string of the molecule is CCc1ncnc(Nc2cc(Cl)c(N)c(Cl)c2)c1F. The number of rotatable bonds is 3. The van der Waals surface area contributed by atoms with Crippen LogP contribution < -0.4 is 11.1 Å². The number of anilines is 3. The van der Waals surface area contributed by atoms with Crippen molar-refractivity contribution in [2.75, 3.05) is 11.1 Å². The normalized spacial score (nSPS) is 10.5. The molecule has 0 amide bonds. The number of nitrogen functional groups attached to an aromatic ring is 1. The molecule has 0 fully saturated rings. The second kappa shape index (κ2) is 5.59. The molecular weight excluding hydrogens is 290 g/mol. The summed E-state index contributed by atoms with van der Waals surface area (Å²) in [5.41, 5.74) is 6.75. The zero-order valence-corrected chi connectivity index (χ0v) is 11.6. The summed E-state index contributed by atoms with van der Waals surface area (Å²) in [6, 6.07) is 3.10. The molecule has 4 nitrogen and oxygen atoms in total. The van der Waals surface area contributed by atoms with Gasteiger partial charge >= 0.3 is 0 Å². The van der Waals surface area contributed by atoms with Gasteiger partial charge in [-0.15, -0.1) is 0 Å². The molecule has 0 spiro atoms. The predicted octanol–water partition coefficient (Wildman–Crippen LogP) is 3.81. The number of hydrogen-bond acceptors (Lipinski definition) is 4. The van der Waals surface area contributed by atoms with Crippen molar-refractivity contribution in [3.63, 3.8) is 0 Å². The van der Waals surface area contributed by atoms with E-state index < -0.39 is 5.82 Å². The molecule has 0 saturated heterocycles. The largest absolute Gasteiger partial charge is 0.396 e. The van der Waals surface area contributed by atoms with Gasteiger partial charge in [-0.1, -0.05) is 30.1 Å². The highest BCUT2D eigenvalue weighted by atomic mass is 35.5. The van der Waals surface area contributed by atoms with E-state index in [9.17, 15) is 4.39 Å². The topological polar surface area (TPSA) is 63.8 Å². The molecule has 19 heavy (non-hydrogen) atoms. The fraction of sp³-hybridized carbons (Fsp3) is 0.167. The highest BCUT2D eigenvalue weighted by Gasteiger charge is 2.11. The van der Waals surface area contributed by atoms with Crippen molar-refractivity contribution in [3.8, 4) is 0 Å². The van der Waals surface area contributed by atoms with Crippen LogP contribution in [0, 0.1) is 5.82 Å². The van der Waals surface area contributed by atoms with E-state index in [1.807, 2.05) is 6.92 Å². The highest BCUT2D eigenvalue weighted by molar-refractivity contribution is 6.39. The maximum atomic E-state index is 14.0. The van der Waals surface area contributed by atoms with Gasteiger partial charge < -0.3 is 11.1 Å². The lowest BCUT2D eigenvalue weighted by atomic mass is 10.2. The van der Waals surface area contributed by atoms with Crippen LogP contribution in [0.1, 0.15) is 12.6 Å². The number of aromatic nitrogens is 2. The summed E-state index contributed by atoms with van der Waals surface area (Å²) in [6.45, 7) is 1.81. The maximum Gasteiger partial charge on any atom is 0.187 e. The molecule has 0 saturated carbocycles. The van der Waals surface area contributed by atoms with Crippen molar-refractivity contribution in [3.05, 3.63) is 40.0 Å². The number of halogens is 3. The number of aryl methyl sites for hydroxylation is 1. The van der Waals surface area contributed by atoms with Crippen molar-refractivity contribution >= 4 is 40.4 Å². The number of nitrogens with one attached hydrogen (secondary N) is 1. The Morgan fingerprint density at radius 1 is 1.26 bits per heavy atom. The van der Waals surface area contributed by atoms with Crippen molar-refractivity contribution < 1.29 is 4.39 Å². The second-order valence-corrected chi connectivity index (χ2v) is 4.63. The van der Waals surface area contributed by atoms with Crippen molar-refractivity contribution in [2.24, 2.45) is 0 Å². The van der Waals surface area contributed by atoms with Gasteiger partial charge in [0.1, 0.15) is 6.33 Å². The monoisotopic (exact) mass is 300 g/mol. The first-order chi connectivity index (χ1) is 9.02. The molecule has 1 heterocycles. The van der Waals surface area contributed by atoms with Crippen molar-refractivity contribution in [1.29, 1.82) is 0 Å². The summed E-state index contributed by atoms with van der Waals surface area (Å²) < 4.78 is 14.0. The maximum absolute atomic E-state index is 14.0. The molecule has 3 N–H and O–H groups in total. The van der Waals surface area contributed by atoms with Crippen LogP contribution in [0.15, 0.2) is 18.5 Å². The minimum atomic E-state index is -0.492. The molecule has 1 aromatic heterocycles. The van der Waals surface area contributed by atoms with Gasteiger partial charge in [-0.05, 0) is 18.6 Å². The van der Waals surface area contributed by atoms with Crippen molar-refractivity contribution in [1.82, 2.24) is 9.97 Å². The van der Waals surface area contributed by atoms with E-state index in [0.29, 0.717) is 27.8 Å². The lowest BCUT2D eigenvalue weighted by Gasteiger charge is -2.10. The minimum absolute atomic E-state index is 0.0729. The zero-order chi connectivity index (χ0) is 14.0. The Kier molecular flexibility index (Phi) is 4.07. The lowest BCUT2D eigenvalue weighted by molar-refractivity contribution is 0.599. The average Bonchev–Trinajstić information content (AvgIpc) is 2.38. The molecular formula is C12H11Cl2FN4. The number of nitrogens with two attached hydrogens (primary N) is 1. The third kappa shape index (κ3) is 2.88. The van der Waals surface area contributed by atoms with Crippen LogP contribution in [0.25, 0.3) is 0 Å². The molecule has 7 heteroatoms. The van der Waals surface area contributed by atoms with Crippen LogP contribution >= 0.6 is 23.2 Å². The molecule has 1 aromatic carbocycles. The Balaban J connectivity index is 2.36. The number of benzene rings is 1. The van der Waals surface area contributed by atoms with Crippen LogP contribution in [-0.4, -0.2) is 9.97 Å². The summed E-state index contributed by atoms with van der Waals surface area (Å²) >= 11 is 11.8. The third-order valence-electron chi connectivity index (χ3n) is 2.54. The van der Waals surface area contributed by atoms with Crippen molar-refractivity contribution in [2.45, 2.75) is 13.3 Å². The second-order valence-electron chi connectivity index (χ2n) is 3.82. The quantitative estimate of drug-likeness (QED) is 0.846. The van der Waals surface area contributed by atoms with Gasteiger partial charge in [-0.2, -0.15) is 0 Å². The molecule has 0 bridgehead atoms. The standard InChI is InChI=1S/C12H11Cl2FN4/c1-2-9-10(15)12(18-5-17-9)19-6-3-7(13)11(16)8(14)4-6/h3-5H,2,16H2,1H3,(H,17,18,19). The molecule has 2 rings (SSSR count). The zero-order valence-electron chi connectivity index (χ0n) is 10.0. The minimum Gasteiger partial charge on any atom is -0.396 e. The smallest absolute Gasteiger partial charge is 0.187 e. The van der Waals surface area contributed by atoms with Gasteiger partial charge in [0, 0.05) is 5.69 Å². The highest BCUT2D eigenvalue weighted by Crippen LogP contribution is 2.32. The Morgan fingerprint density at radius 3 is 2.47 bits per heavy atom. The van der Waals surface area contributed by atoms with E-state index in [0.717, 1.165) is 0 Å². The third-order valence-corrected chi connectivity index (χ3v) is 3.16. The summed E-state index contributed by atoms with van der Waals surface area (Å²) in [6.07, 6.45) is 1.77. The number of hydrogen-bond donors (Lipinski definition) is 2. The Labute approximate surface area is 119 Å². The summed E-state index contributed by atoms with van der Waals surface area (Å²) in [4.78, 5) is 7.70. The van der Waals surface area contributed by atoms with E-state index in [4.69, 9.17) is 28.9 Å². The summed E-state index contributed by atoms with van der Waals surface area (Å²) in [5, 5.41) is 3.39. The Morgan fingerprint density at radius 2 is 1.89 bits per heavy atom.